The van der Waals surface area contributed by atoms with Crippen molar-refractivity contribution in [3.8, 4) is 0 Å². The summed E-state index contributed by atoms with van der Waals surface area (Å²) in [6.07, 6.45) is 2.13. The van der Waals surface area contributed by atoms with E-state index in [1.807, 2.05) is 0 Å². The molecule has 3 N–H and O–H groups in total. The van der Waals surface area contributed by atoms with E-state index in [1.165, 1.54) is 0 Å². The Kier molecular flexibility index (Phi) is 1.84. The Balaban J connectivity index is 3.00. The minimum atomic E-state index is -1.63. The van der Waals surface area contributed by atoms with Crippen LogP contribution in [0.25, 0.3) is 0 Å². The van der Waals surface area contributed by atoms with Crippen molar-refractivity contribution in [2.75, 3.05) is 0 Å². The molecule has 0 unspecified atom stereocenters. The summed E-state index contributed by atoms with van der Waals surface area (Å²) in [4.78, 5) is 16.0. The molecule has 0 amide bonds. The number of aromatic nitrogens is 2. The molecule has 0 bridgehead atoms. The van der Waals surface area contributed by atoms with Gasteiger partial charge in [-0.3, -0.25) is 9.78 Å². The third kappa shape index (κ3) is 1.43. The van der Waals surface area contributed by atoms with Crippen molar-refractivity contribution in [1.29, 1.82) is 0 Å². The first kappa shape index (κ1) is 6.98. The average Bonchev–Trinajstić information content (AvgIpc) is 1.88. The second-order valence-corrected chi connectivity index (χ2v) is 1.71. The van der Waals surface area contributed by atoms with Gasteiger partial charge < -0.3 is 15.0 Å². The molecule has 10 heavy (non-hydrogen) atoms. The van der Waals surface area contributed by atoms with Gasteiger partial charge in [-0.15, -0.1) is 0 Å². The molecule has 1 aromatic rings. The molecule has 0 saturated carbocycles. The van der Waals surface area contributed by atoms with E-state index in [1.54, 1.807) is 0 Å². The number of aromatic amines is 1. The van der Waals surface area contributed by atoms with Gasteiger partial charge in [0, 0.05) is 6.20 Å². The molecular weight excluding hydrogens is 135 g/mol. The van der Waals surface area contributed by atoms with Gasteiger partial charge in [0.15, 0.2) is 0 Å². The maximum atomic E-state index is 10.4. The van der Waals surface area contributed by atoms with Gasteiger partial charge in [0.25, 0.3) is 5.56 Å². The van der Waals surface area contributed by atoms with E-state index in [4.69, 9.17) is 10.0 Å². The fourth-order valence-electron chi connectivity index (χ4n) is 0.494. The summed E-state index contributed by atoms with van der Waals surface area (Å²) in [6, 6.07) is 0. The highest BCUT2D eigenvalue weighted by molar-refractivity contribution is 6.57. The zero-order valence-electron chi connectivity index (χ0n) is 4.98. The Morgan fingerprint density at radius 1 is 1.60 bits per heavy atom. The summed E-state index contributed by atoms with van der Waals surface area (Å²) < 4.78 is 0. The molecule has 1 heterocycles. The highest BCUT2D eigenvalue weighted by atomic mass is 16.4. The molecule has 0 aromatic carbocycles. The maximum Gasteiger partial charge on any atom is 0.509 e. The molecule has 0 fully saturated rings. The van der Waals surface area contributed by atoms with Crippen LogP contribution in [0, 0.1) is 0 Å². The van der Waals surface area contributed by atoms with Gasteiger partial charge in [-0.25, -0.2) is 0 Å². The van der Waals surface area contributed by atoms with E-state index in [-0.39, 0.29) is 11.2 Å². The zero-order valence-corrected chi connectivity index (χ0v) is 4.98. The molecule has 0 aliphatic heterocycles. The molecule has 1 aromatic heterocycles. The highest BCUT2D eigenvalue weighted by Crippen LogP contribution is 1.66. The van der Waals surface area contributed by atoms with Crippen LogP contribution in [-0.2, 0) is 0 Å². The normalized spacial score (nSPS) is 9.40. The predicted octanol–water partition coefficient (Wildman–Crippen LogP) is -2.55. The van der Waals surface area contributed by atoms with Crippen LogP contribution in [-0.4, -0.2) is 27.1 Å². The van der Waals surface area contributed by atoms with E-state index in [0.29, 0.717) is 0 Å². The van der Waals surface area contributed by atoms with Crippen molar-refractivity contribution in [1.82, 2.24) is 9.97 Å². The Labute approximate surface area is 56.5 Å². The van der Waals surface area contributed by atoms with Gasteiger partial charge in [-0.05, 0) is 0 Å². The van der Waals surface area contributed by atoms with E-state index >= 15 is 0 Å². The summed E-state index contributed by atoms with van der Waals surface area (Å²) in [6.45, 7) is 0. The number of hydrogen-bond acceptors (Lipinski definition) is 4. The fourth-order valence-corrected chi connectivity index (χ4v) is 0.494. The molecule has 0 radical (unpaired) electrons. The molecule has 0 aliphatic carbocycles. The molecule has 5 nitrogen and oxygen atoms in total. The van der Waals surface area contributed by atoms with E-state index in [2.05, 4.69) is 9.97 Å². The fraction of sp³-hybridized carbons (Fsp3) is 0. The van der Waals surface area contributed by atoms with Gasteiger partial charge in [-0.2, -0.15) is 0 Å². The van der Waals surface area contributed by atoms with Crippen LogP contribution in [0.15, 0.2) is 17.2 Å². The Bertz CT molecular complexity index is 251. The SMILES string of the molecule is O=c1cnc(B(O)O)c[nH]1. The molecule has 0 spiro atoms. The molecule has 0 atom stereocenters. The van der Waals surface area contributed by atoms with Crippen LogP contribution in [0.1, 0.15) is 0 Å². The third-order valence-electron chi connectivity index (χ3n) is 0.958. The first-order valence-corrected chi connectivity index (χ1v) is 2.61. The Morgan fingerprint density at radius 3 is 2.70 bits per heavy atom. The van der Waals surface area contributed by atoms with Gasteiger partial charge >= 0.3 is 7.12 Å². The van der Waals surface area contributed by atoms with Crippen molar-refractivity contribution in [3.05, 3.63) is 22.7 Å². The largest absolute Gasteiger partial charge is 0.509 e. The quantitative estimate of drug-likeness (QED) is 0.374. The van der Waals surface area contributed by atoms with Gasteiger partial charge in [0.2, 0.25) is 0 Å². The smallest absolute Gasteiger partial charge is 0.422 e. The van der Waals surface area contributed by atoms with Crippen LogP contribution < -0.4 is 11.2 Å². The number of rotatable bonds is 1. The minimum Gasteiger partial charge on any atom is -0.422 e. The van der Waals surface area contributed by atoms with E-state index < -0.39 is 7.12 Å². The second kappa shape index (κ2) is 2.63. The zero-order chi connectivity index (χ0) is 7.56. The average molecular weight is 140 g/mol. The lowest BCUT2D eigenvalue weighted by Crippen LogP contribution is -2.34. The van der Waals surface area contributed by atoms with E-state index in [0.717, 1.165) is 12.4 Å². The second-order valence-electron chi connectivity index (χ2n) is 1.71. The van der Waals surface area contributed by atoms with Crippen LogP contribution in [0.3, 0.4) is 0 Å². The predicted molar refractivity (Wildman–Crippen MR) is 34.7 cm³/mol. The lowest BCUT2D eigenvalue weighted by molar-refractivity contribution is 0.424. The van der Waals surface area contributed by atoms with Crippen molar-refractivity contribution in [2.24, 2.45) is 0 Å². The number of H-pyrrole nitrogens is 1. The van der Waals surface area contributed by atoms with Gasteiger partial charge in [0.1, 0.15) is 0 Å². The molecule has 0 saturated heterocycles. The first-order valence-electron chi connectivity index (χ1n) is 2.61. The summed E-state index contributed by atoms with van der Waals surface area (Å²) in [7, 11) is -1.63. The summed E-state index contributed by atoms with van der Waals surface area (Å²) in [5.74, 6) is 0. The van der Waals surface area contributed by atoms with Gasteiger partial charge in [-0.1, -0.05) is 0 Å². The van der Waals surface area contributed by atoms with Crippen molar-refractivity contribution >= 4 is 12.7 Å². The Morgan fingerprint density at radius 2 is 2.30 bits per heavy atom. The number of nitrogens with one attached hydrogen (secondary N) is 1. The number of hydrogen-bond donors (Lipinski definition) is 3. The molecule has 6 heteroatoms. The van der Waals surface area contributed by atoms with Crippen molar-refractivity contribution in [2.45, 2.75) is 0 Å². The van der Waals surface area contributed by atoms with Crippen molar-refractivity contribution < 1.29 is 10.0 Å². The maximum absolute atomic E-state index is 10.4. The van der Waals surface area contributed by atoms with Crippen LogP contribution in [0.2, 0.25) is 0 Å². The van der Waals surface area contributed by atoms with E-state index in [9.17, 15) is 4.79 Å². The van der Waals surface area contributed by atoms with Gasteiger partial charge in [0.05, 0.1) is 11.8 Å². The Hall–Kier alpha value is -1.14. The highest BCUT2D eigenvalue weighted by Gasteiger charge is 2.11. The molecule has 1 rings (SSSR count). The topological polar surface area (TPSA) is 86.2 Å². The first-order chi connectivity index (χ1) is 4.70. The monoisotopic (exact) mass is 140 g/mol. The standard InChI is InChI=1S/C4H5BN2O3/c8-4-2-6-3(1-7-4)5(9)10/h1-2,9-10H,(H,7,8). The van der Waals surface area contributed by atoms with Crippen molar-refractivity contribution in [3.63, 3.8) is 0 Å². The van der Waals surface area contributed by atoms with Crippen LogP contribution in [0.4, 0.5) is 0 Å². The van der Waals surface area contributed by atoms with Crippen LogP contribution >= 0.6 is 0 Å². The summed E-state index contributed by atoms with van der Waals surface area (Å²) in [5, 5.41) is 17.0. The molecule has 0 aliphatic rings. The molecule has 52 valence electrons. The summed E-state index contributed by atoms with van der Waals surface area (Å²) >= 11 is 0. The number of nitrogens with zero attached hydrogens (tertiary/aromatic N) is 1. The molecular formula is C4H5BN2O3. The lowest BCUT2D eigenvalue weighted by atomic mass is 9.87. The summed E-state index contributed by atoms with van der Waals surface area (Å²) in [5.41, 5.74) is -0.344. The van der Waals surface area contributed by atoms with Crippen LogP contribution in [0.5, 0.6) is 0 Å². The minimum absolute atomic E-state index is 0.0274. The third-order valence-corrected chi connectivity index (χ3v) is 0.958. The lowest BCUT2D eigenvalue weighted by Gasteiger charge is -1.93.